The van der Waals surface area contributed by atoms with E-state index in [1.807, 2.05) is 24.3 Å². The lowest BCUT2D eigenvalue weighted by atomic mass is 10.0. The van der Waals surface area contributed by atoms with Gasteiger partial charge in [-0.3, -0.25) is 11.3 Å². The Labute approximate surface area is 123 Å². The van der Waals surface area contributed by atoms with Gasteiger partial charge in [-0.05, 0) is 37.0 Å². The Morgan fingerprint density at radius 1 is 1.39 bits per heavy atom. The molecule has 1 atom stereocenters. The topological polar surface area (TPSA) is 38.0 Å². The second kappa shape index (κ2) is 8.70. The molecule has 0 bridgehead atoms. The van der Waals surface area contributed by atoms with Crippen molar-refractivity contribution >= 4 is 27.5 Å². The first-order chi connectivity index (χ1) is 8.69. The second-order valence-electron chi connectivity index (χ2n) is 4.31. The molecule has 0 amide bonds. The van der Waals surface area contributed by atoms with Gasteiger partial charge in [0.1, 0.15) is 0 Å². The van der Waals surface area contributed by atoms with Gasteiger partial charge in [-0.2, -0.15) is 0 Å². The van der Waals surface area contributed by atoms with Gasteiger partial charge in [-0.25, -0.2) is 0 Å². The second-order valence-corrected chi connectivity index (χ2v) is 5.60. The van der Waals surface area contributed by atoms with Gasteiger partial charge in [-0.15, -0.1) is 6.58 Å². The van der Waals surface area contributed by atoms with Crippen LogP contribution in [0.4, 0.5) is 0 Å². The number of rotatable bonds is 8. The van der Waals surface area contributed by atoms with Gasteiger partial charge < -0.3 is 0 Å². The van der Waals surface area contributed by atoms with Crippen molar-refractivity contribution in [3.05, 3.63) is 45.9 Å². The van der Waals surface area contributed by atoms with Crippen LogP contribution in [0, 0.1) is 0 Å². The van der Waals surface area contributed by atoms with Gasteiger partial charge >= 0.3 is 0 Å². The maximum atomic E-state index is 5.94. The van der Waals surface area contributed by atoms with Crippen LogP contribution >= 0.6 is 27.5 Å². The molecule has 1 aromatic carbocycles. The van der Waals surface area contributed by atoms with Crippen molar-refractivity contribution in [3.8, 4) is 0 Å². The number of hydrogen-bond acceptors (Lipinski definition) is 2. The first kappa shape index (κ1) is 15.7. The molecule has 0 aliphatic rings. The molecule has 0 saturated heterocycles. The Morgan fingerprint density at radius 3 is 2.78 bits per heavy atom. The van der Waals surface area contributed by atoms with Gasteiger partial charge in [0.25, 0.3) is 0 Å². The number of nitrogens with two attached hydrogens (primary N) is 1. The van der Waals surface area contributed by atoms with E-state index in [0.29, 0.717) is 0 Å². The van der Waals surface area contributed by atoms with Gasteiger partial charge in [-0.1, -0.05) is 52.5 Å². The summed E-state index contributed by atoms with van der Waals surface area (Å²) in [5.74, 6) is 5.63. The zero-order chi connectivity index (χ0) is 13.4. The molecule has 1 aromatic rings. The fraction of sp³-hybridized carbons (Fsp3) is 0.429. The van der Waals surface area contributed by atoms with Crippen molar-refractivity contribution in [3.63, 3.8) is 0 Å². The van der Waals surface area contributed by atoms with Crippen molar-refractivity contribution in [1.29, 1.82) is 0 Å². The number of hydrogen-bond donors (Lipinski definition) is 2. The molecule has 0 aromatic heterocycles. The SMILES string of the molecule is C=CCCCCCC(NN)c1ccc(Cl)cc1Br. The number of nitrogens with one attached hydrogen (secondary N) is 1. The van der Waals surface area contributed by atoms with Crippen LogP contribution in [0.3, 0.4) is 0 Å². The number of allylic oxidation sites excluding steroid dienone is 1. The third-order valence-electron chi connectivity index (χ3n) is 2.94. The minimum absolute atomic E-state index is 0.167. The smallest absolute Gasteiger partial charge is 0.0471 e. The molecule has 0 saturated carbocycles. The molecule has 0 aliphatic carbocycles. The summed E-state index contributed by atoms with van der Waals surface area (Å²) >= 11 is 9.46. The minimum Gasteiger partial charge on any atom is -0.271 e. The van der Waals surface area contributed by atoms with Crippen LogP contribution in [-0.4, -0.2) is 0 Å². The minimum atomic E-state index is 0.167. The molecular formula is C14H20BrClN2. The van der Waals surface area contributed by atoms with Crippen LogP contribution in [0.2, 0.25) is 5.02 Å². The first-order valence-corrected chi connectivity index (χ1v) is 7.38. The standard InChI is InChI=1S/C14H20BrClN2/c1-2-3-4-5-6-7-14(18-17)12-9-8-11(16)10-13(12)15/h2,8-10,14,18H,1,3-7,17H2. The van der Waals surface area contributed by atoms with E-state index < -0.39 is 0 Å². The molecule has 2 nitrogen and oxygen atoms in total. The van der Waals surface area contributed by atoms with Crippen molar-refractivity contribution in [2.75, 3.05) is 0 Å². The van der Waals surface area contributed by atoms with Gasteiger partial charge in [0.15, 0.2) is 0 Å². The Kier molecular flexibility index (Phi) is 7.59. The predicted molar refractivity (Wildman–Crippen MR) is 82.5 cm³/mol. The van der Waals surface area contributed by atoms with Crippen molar-refractivity contribution in [1.82, 2.24) is 5.43 Å². The Hall–Kier alpha value is -0.350. The van der Waals surface area contributed by atoms with Crippen LogP contribution in [-0.2, 0) is 0 Å². The lowest BCUT2D eigenvalue weighted by Crippen LogP contribution is -2.28. The molecular weight excluding hydrogens is 312 g/mol. The van der Waals surface area contributed by atoms with Crippen LogP contribution in [0.5, 0.6) is 0 Å². The van der Waals surface area contributed by atoms with Crippen molar-refractivity contribution < 1.29 is 0 Å². The highest BCUT2D eigenvalue weighted by molar-refractivity contribution is 9.10. The van der Waals surface area contributed by atoms with Crippen LogP contribution in [0.1, 0.15) is 43.7 Å². The highest BCUT2D eigenvalue weighted by Gasteiger charge is 2.12. The summed E-state index contributed by atoms with van der Waals surface area (Å²) in [5.41, 5.74) is 4.03. The van der Waals surface area contributed by atoms with Crippen LogP contribution in [0.15, 0.2) is 35.3 Å². The molecule has 3 N–H and O–H groups in total. The average molecular weight is 332 g/mol. The highest BCUT2D eigenvalue weighted by Crippen LogP contribution is 2.29. The lowest BCUT2D eigenvalue weighted by molar-refractivity contribution is 0.482. The van der Waals surface area contributed by atoms with E-state index in [1.165, 1.54) is 12.8 Å². The third kappa shape index (κ3) is 5.11. The Bertz CT molecular complexity index is 382. The third-order valence-corrected chi connectivity index (χ3v) is 3.86. The molecule has 0 spiro atoms. The van der Waals surface area contributed by atoms with Gasteiger partial charge in [0.05, 0.1) is 0 Å². The molecule has 1 rings (SSSR count). The van der Waals surface area contributed by atoms with E-state index in [4.69, 9.17) is 17.4 Å². The van der Waals surface area contributed by atoms with E-state index in [-0.39, 0.29) is 6.04 Å². The summed E-state index contributed by atoms with van der Waals surface area (Å²) in [6.07, 6.45) is 7.63. The van der Waals surface area contributed by atoms with Crippen molar-refractivity contribution in [2.45, 2.75) is 38.1 Å². The highest BCUT2D eigenvalue weighted by atomic mass is 79.9. The van der Waals surface area contributed by atoms with E-state index >= 15 is 0 Å². The summed E-state index contributed by atoms with van der Waals surface area (Å²) in [6, 6.07) is 5.98. The summed E-state index contributed by atoms with van der Waals surface area (Å²) in [5, 5.41) is 0.729. The average Bonchev–Trinajstić information content (AvgIpc) is 2.35. The molecule has 0 heterocycles. The van der Waals surface area contributed by atoms with Crippen LogP contribution < -0.4 is 11.3 Å². The summed E-state index contributed by atoms with van der Waals surface area (Å²) in [6.45, 7) is 3.73. The fourth-order valence-electron chi connectivity index (χ4n) is 1.93. The molecule has 0 aliphatic heterocycles. The van der Waals surface area contributed by atoms with E-state index in [2.05, 4.69) is 27.9 Å². The predicted octanol–water partition coefficient (Wildman–Crippen LogP) is 4.74. The lowest BCUT2D eigenvalue weighted by Gasteiger charge is -2.18. The largest absolute Gasteiger partial charge is 0.271 e. The first-order valence-electron chi connectivity index (χ1n) is 6.21. The molecule has 1 unspecified atom stereocenters. The number of hydrazine groups is 1. The van der Waals surface area contributed by atoms with E-state index in [0.717, 1.165) is 34.3 Å². The summed E-state index contributed by atoms with van der Waals surface area (Å²) in [4.78, 5) is 0. The van der Waals surface area contributed by atoms with Crippen molar-refractivity contribution in [2.24, 2.45) is 5.84 Å². The zero-order valence-corrected chi connectivity index (χ0v) is 12.8. The summed E-state index contributed by atoms with van der Waals surface area (Å²) < 4.78 is 1.00. The number of unbranched alkanes of at least 4 members (excludes halogenated alkanes) is 3. The fourth-order valence-corrected chi connectivity index (χ4v) is 2.89. The molecule has 0 fully saturated rings. The number of halogens is 2. The maximum absolute atomic E-state index is 5.94. The normalized spacial score (nSPS) is 12.4. The Balaban J connectivity index is 2.52. The zero-order valence-electron chi connectivity index (χ0n) is 10.5. The van der Waals surface area contributed by atoms with Gasteiger partial charge in [0.2, 0.25) is 0 Å². The Morgan fingerprint density at radius 2 is 2.17 bits per heavy atom. The van der Waals surface area contributed by atoms with Crippen LogP contribution in [0.25, 0.3) is 0 Å². The summed E-state index contributed by atoms with van der Waals surface area (Å²) in [7, 11) is 0. The van der Waals surface area contributed by atoms with E-state index in [9.17, 15) is 0 Å². The monoisotopic (exact) mass is 330 g/mol. The number of benzene rings is 1. The quantitative estimate of drug-likeness (QED) is 0.312. The molecule has 100 valence electrons. The molecule has 0 radical (unpaired) electrons. The van der Waals surface area contributed by atoms with E-state index in [1.54, 1.807) is 0 Å². The maximum Gasteiger partial charge on any atom is 0.0471 e. The van der Waals surface area contributed by atoms with Gasteiger partial charge in [0, 0.05) is 15.5 Å². The molecule has 18 heavy (non-hydrogen) atoms. The molecule has 4 heteroatoms.